The number of hydrogen-bond acceptors (Lipinski definition) is 2. The molecule has 3 aromatic rings. The lowest BCUT2D eigenvalue weighted by molar-refractivity contribution is 0.647. The summed E-state index contributed by atoms with van der Waals surface area (Å²) >= 11 is 18.5. The van der Waals surface area contributed by atoms with Crippen LogP contribution in [0.5, 0.6) is 0 Å². The maximum Gasteiger partial charge on any atom is 0.0956 e. The van der Waals surface area contributed by atoms with Crippen LogP contribution in [-0.2, 0) is 19.4 Å². The molecule has 0 atom stereocenters. The van der Waals surface area contributed by atoms with Gasteiger partial charge in [-0.25, -0.2) is 4.98 Å². The molecule has 0 spiro atoms. The Labute approximate surface area is 168 Å². The van der Waals surface area contributed by atoms with Crippen molar-refractivity contribution in [2.75, 3.05) is 6.54 Å². The first-order chi connectivity index (χ1) is 12.6. The van der Waals surface area contributed by atoms with Crippen molar-refractivity contribution in [3.8, 4) is 11.3 Å². The van der Waals surface area contributed by atoms with Crippen LogP contribution in [-0.4, -0.2) is 16.1 Å². The first kappa shape index (κ1) is 19.2. The normalized spacial score (nSPS) is 11.1. The monoisotopic (exact) mass is 407 g/mol. The maximum absolute atomic E-state index is 6.40. The summed E-state index contributed by atoms with van der Waals surface area (Å²) in [5.41, 5.74) is 9.85. The first-order valence-corrected chi connectivity index (χ1v) is 9.66. The predicted molar refractivity (Wildman–Crippen MR) is 110 cm³/mol. The van der Waals surface area contributed by atoms with Gasteiger partial charge in [-0.05, 0) is 61.7 Å². The van der Waals surface area contributed by atoms with Gasteiger partial charge in [-0.15, -0.1) is 0 Å². The third kappa shape index (κ3) is 4.60. The Kier molecular flexibility index (Phi) is 6.60. The fourth-order valence-electron chi connectivity index (χ4n) is 2.98. The number of hydrogen-bond donors (Lipinski definition) is 1. The molecule has 0 fully saturated rings. The molecule has 0 aliphatic heterocycles. The van der Waals surface area contributed by atoms with Crippen molar-refractivity contribution in [2.24, 2.45) is 5.73 Å². The molecular weight excluding hydrogens is 389 g/mol. The van der Waals surface area contributed by atoms with E-state index in [0.29, 0.717) is 16.6 Å². The molecule has 136 valence electrons. The van der Waals surface area contributed by atoms with Crippen LogP contribution in [0.1, 0.15) is 17.7 Å². The molecule has 3 rings (SSSR count). The highest BCUT2D eigenvalue weighted by molar-refractivity contribution is 6.36. The summed E-state index contributed by atoms with van der Waals surface area (Å²) in [6, 6.07) is 13.4. The highest BCUT2D eigenvalue weighted by Crippen LogP contribution is 2.32. The summed E-state index contributed by atoms with van der Waals surface area (Å²) in [5.74, 6) is 0. The summed E-state index contributed by atoms with van der Waals surface area (Å²) in [6.45, 7) is 1.45. The van der Waals surface area contributed by atoms with Crippen molar-refractivity contribution in [1.29, 1.82) is 0 Å². The molecule has 2 aromatic carbocycles. The van der Waals surface area contributed by atoms with Crippen molar-refractivity contribution < 1.29 is 0 Å². The van der Waals surface area contributed by atoms with Crippen molar-refractivity contribution in [3.05, 3.63) is 75.1 Å². The average molecular weight is 409 g/mol. The van der Waals surface area contributed by atoms with Crippen LogP contribution in [0.4, 0.5) is 0 Å². The SMILES string of the molecule is NCCCc1c(-c2ccc(Cl)cc2Cl)ncn1CCc1cccc(Cl)c1. The van der Waals surface area contributed by atoms with Crippen molar-refractivity contribution in [1.82, 2.24) is 9.55 Å². The number of halogens is 3. The standard InChI is InChI=1S/C20H20Cl3N3/c21-15-4-1-3-14(11-15)8-10-26-13-25-20(19(26)5-2-9-24)17-7-6-16(22)12-18(17)23/h1,3-4,6-7,11-13H,2,5,8-10,24H2. The molecule has 1 heterocycles. The third-order valence-electron chi connectivity index (χ3n) is 4.28. The van der Waals surface area contributed by atoms with Crippen LogP contribution in [0.25, 0.3) is 11.3 Å². The summed E-state index contributed by atoms with van der Waals surface area (Å²) in [7, 11) is 0. The highest BCUT2D eigenvalue weighted by Gasteiger charge is 2.15. The molecule has 26 heavy (non-hydrogen) atoms. The van der Waals surface area contributed by atoms with E-state index >= 15 is 0 Å². The number of nitrogens with two attached hydrogens (primary N) is 1. The van der Waals surface area contributed by atoms with E-state index in [4.69, 9.17) is 40.5 Å². The topological polar surface area (TPSA) is 43.8 Å². The Morgan fingerprint density at radius 1 is 0.962 bits per heavy atom. The highest BCUT2D eigenvalue weighted by atomic mass is 35.5. The van der Waals surface area contributed by atoms with E-state index in [-0.39, 0.29) is 0 Å². The number of aromatic nitrogens is 2. The van der Waals surface area contributed by atoms with Gasteiger partial charge in [0.2, 0.25) is 0 Å². The fraction of sp³-hybridized carbons (Fsp3) is 0.250. The number of nitrogens with zero attached hydrogens (tertiary/aromatic N) is 2. The number of aryl methyl sites for hydroxylation is 2. The van der Waals surface area contributed by atoms with Crippen LogP contribution >= 0.6 is 34.8 Å². The second kappa shape index (κ2) is 8.92. The number of rotatable bonds is 7. The second-order valence-corrected chi connectivity index (χ2v) is 7.41. The molecule has 0 saturated carbocycles. The number of benzene rings is 2. The quantitative estimate of drug-likeness (QED) is 0.549. The molecule has 0 unspecified atom stereocenters. The van der Waals surface area contributed by atoms with Crippen molar-refractivity contribution in [2.45, 2.75) is 25.8 Å². The molecule has 0 bridgehead atoms. The van der Waals surface area contributed by atoms with Gasteiger partial charge in [-0.3, -0.25) is 0 Å². The van der Waals surface area contributed by atoms with Crippen LogP contribution in [0.3, 0.4) is 0 Å². The van der Waals surface area contributed by atoms with Gasteiger partial charge in [0.1, 0.15) is 0 Å². The molecule has 0 aliphatic rings. The van der Waals surface area contributed by atoms with Gasteiger partial charge in [0.15, 0.2) is 0 Å². The molecule has 2 N–H and O–H groups in total. The van der Waals surface area contributed by atoms with E-state index in [0.717, 1.165) is 47.8 Å². The van der Waals surface area contributed by atoms with E-state index in [9.17, 15) is 0 Å². The van der Waals surface area contributed by atoms with Gasteiger partial charge in [0, 0.05) is 27.8 Å². The zero-order valence-corrected chi connectivity index (χ0v) is 16.5. The summed E-state index contributed by atoms with van der Waals surface area (Å²) in [4.78, 5) is 4.63. The molecule has 0 amide bonds. The van der Waals surface area contributed by atoms with Crippen LogP contribution in [0, 0.1) is 0 Å². The van der Waals surface area contributed by atoms with Gasteiger partial charge in [0.25, 0.3) is 0 Å². The smallest absolute Gasteiger partial charge is 0.0956 e. The minimum Gasteiger partial charge on any atom is -0.334 e. The fourth-order valence-corrected chi connectivity index (χ4v) is 3.69. The summed E-state index contributed by atoms with van der Waals surface area (Å²) in [5, 5.41) is 1.97. The average Bonchev–Trinajstić information content (AvgIpc) is 3.01. The van der Waals surface area contributed by atoms with Gasteiger partial charge < -0.3 is 10.3 Å². The predicted octanol–water partition coefficient (Wildman–Crippen LogP) is 5.64. The summed E-state index contributed by atoms with van der Waals surface area (Å²) < 4.78 is 2.18. The van der Waals surface area contributed by atoms with Crippen LogP contribution in [0.2, 0.25) is 15.1 Å². The van der Waals surface area contributed by atoms with Crippen LogP contribution < -0.4 is 5.73 Å². The van der Waals surface area contributed by atoms with E-state index in [1.54, 1.807) is 6.07 Å². The van der Waals surface area contributed by atoms with Gasteiger partial charge in [0.05, 0.1) is 17.0 Å². The van der Waals surface area contributed by atoms with Gasteiger partial charge in [-0.1, -0.05) is 46.9 Å². The molecular formula is C20H20Cl3N3. The number of imidazole rings is 1. The molecule has 6 heteroatoms. The first-order valence-electron chi connectivity index (χ1n) is 8.52. The lowest BCUT2D eigenvalue weighted by Gasteiger charge is -2.11. The molecule has 3 nitrogen and oxygen atoms in total. The third-order valence-corrected chi connectivity index (χ3v) is 5.06. The van der Waals surface area contributed by atoms with E-state index in [2.05, 4.69) is 15.6 Å². The molecule has 1 aromatic heterocycles. The Morgan fingerprint density at radius 2 is 1.77 bits per heavy atom. The maximum atomic E-state index is 6.40. The van der Waals surface area contributed by atoms with Gasteiger partial charge >= 0.3 is 0 Å². The Balaban J connectivity index is 1.89. The van der Waals surface area contributed by atoms with E-state index in [1.807, 2.05) is 36.7 Å². The molecule has 0 aliphatic carbocycles. The van der Waals surface area contributed by atoms with E-state index < -0.39 is 0 Å². The Morgan fingerprint density at radius 3 is 2.50 bits per heavy atom. The van der Waals surface area contributed by atoms with Gasteiger partial charge in [-0.2, -0.15) is 0 Å². The van der Waals surface area contributed by atoms with Crippen molar-refractivity contribution in [3.63, 3.8) is 0 Å². The summed E-state index contributed by atoms with van der Waals surface area (Å²) in [6.07, 6.45) is 4.48. The lowest BCUT2D eigenvalue weighted by Crippen LogP contribution is -2.08. The largest absolute Gasteiger partial charge is 0.334 e. The minimum atomic E-state index is 0.603. The molecule has 0 radical (unpaired) electrons. The minimum absolute atomic E-state index is 0.603. The Bertz CT molecular complexity index is 890. The zero-order chi connectivity index (χ0) is 18.5. The second-order valence-electron chi connectivity index (χ2n) is 6.13. The Hall–Kier alpha value is -1.52. The lowest BCUT2D eigenvalue weighted by atomic mass is 10.1. The van der Waals surface area contributed by atoms with Crippen LogP contribution in [0.15, 0.2) is 48.8 Å². The molecule has 0 saturated heterocycles. The van der Waals surface area contributed by atoms with Crippen molar-refractivity contribution >= 4 is 34.8 Å². The van der Waals surface area contributed by atoms with E-state index in [1.165, 1.54) is 5.56 Å². The zero-order valence-electron chi connectivity index (χ0n) is 14.3.